The van der Waals surface area contributed by atoms with Gasteiger partial charge in [-0.3, -0.25) is 9.59 Å². The van der Waals surface area contributed by atoms with Crippen molar-refractivity contribution in [2.75, 3.05) is 33.2 Å². The largest absolute Gasteiger partial charge is 0.336 e. The van der Waals surface area contributed by atoms with Crippen LogP contribution in [0.5, 0.6) is 0 Å². The van der Waals surface area contributed by atoms with Gasteiger partial charge in [0, 0.05) is 45.5 Å². The van der Waals surface area contributed by atoms with Crippen LogP contribution in [-0.2, 0) is 16.8 Å². The molecule has 2 aromatic rings. The summed E-state index contributed by atoms with van der Waals surface area (Å²) in [5, 5.41) is 0. The molecule has 1 aromatic heterocycles. The lowest BCUT2D eigenvalue weighted by molar-refractivity contribution is 0.0690. The van der Waals surface area contributed by atoms with Gasteiger partial charge < -0.3 is 9.47 Å². The molecule has 34 heavy (non-hydrogen) atoms. The lowest BCUT2D eigenvalue weighted by Gasteiger charge is -2.38. The Morgan fingerprint density at radius 2 is 1.74 bits per heavy atom. The predicted molar refractivity (Wildman–Crippen MR) is 132 cm³/mol. The van der Waals surface area contributed by atoms with E-state index < -0.39 is 10.2 Å². The molecule has 1 saturated carbocycles. The van der Waals surface area contributed by atoms with Crippen LogP contribution in [0.15, 0.2) is 47.4 Å². The normalized spacial score (nSPS) is 18.4. The number of rotatable bonds is 6. The van der Waals surface area contributed by atoms with Gasteiger partial charge in [-0.2, -0.15) is 17.0 Å². The first-order valence-corrected chi connectivity index (χ1v) is 13.4. The third-order valence-corrected chi connectivity index (χ3v) is 9.03. The van der Waals surface area contributed by atoms with E-state index in [1.807, 2.05) is 31.2 Å². The molecule has 0 unspecified atom stereocenters. The highest BCUT2D eigenvalue weighted by atomic mass is 32.2. The highest BCUT2D eigenvalue weighted by molar-refractivity contribution is 7.86. The number of hydrogen-bond acceptors (Lipinski definition) is 4. The lowest BCUT2D eigenvalue weighted by Crippen LogP contribution is -2.55. The fraction of sp³-hybridized carbons (Fsp3) is 0.520. The van der Waals surface area contributed by atoms with Gasteiger partial charge in [-0.15, -0.1) is 0 Å². The Labute approximate surface area is 202 Å². The number of carbonyl (C=O) groups is 1. The molecule has 0 radical (unpaired) electrons. The van der Waals surface area contributed by atoms with Crippen LogP contribution >= 0.6 is 0 Å². The van der Waals surface area contributed by atoms with Crippen molar-refractivity contribution in [3.63, 3.8) is 0 Å². The third-order valence-electron chi connectivity index (χ3n) is 6.99. The first-order valence-electron chi connectivity index (χ1n) is 12.0. The minimum Gasteiger partial charge on any atom is -0.336 e. The zero-order valence-electron chi connectivity index (χ0n) is 20.0. The van der Waals surface area contributed by atoms with Gasteiger partial charge in [0.1, 0.15) is 5.56 Å². The molecule has 9 heteroatoms. The topological polar surface area (TPSA) is 82.9 Å². The van der Waals surface area contributed by atoms with Crippen molar-refractivity contribution in [3.8, 4) is 0 Å². The second-order valence-electron chi connectivity index (χ2n) is 9.35. The van der Waals surface area contributed by atoms with Gasteiger partial charge in [-0.25, -0.2) is 0 Å². The number of nitrogens with zero attached hydrogens (tertiary/aromatic N) is 4. The van der Waals surface area contributed by atoms with Crippen LogP contribution in [0.25, 0.3) is 0 Å². The van der Waals surface area contributed by atoms with Gasteiger partial charge in [0.25, 0.3) is 21.7 Å². The van der Waals surface area contributed by atoms with Crippen LogP contribution in [0.2, 0.25) is 0 Å². The Kier molecular flexibility index (Phi) is 7.54. The van der Waals surface area contributed by atoms with E-state index in [1.54, 1.807) is 34.8 Å². The summed E-state index contributed by atoms with van der Waals surface area (Å²) in [6.07, 6.45) is 6.77. The van der Waals surface area contributed by atoms with Crippen molar-refractivity contribution in [1.82, 2.24) is 18.1 Å². The van der Waals surface area contributed by atoms with Crippen LogP contribution in [0.3, 0.4) is 0 Å². The summed E-state index contributed by atoms with van der Waals surface area (Å²) in [7, 11) is -1.90. The van der Waals surface area contributed by atoms with E-state index in [0.717, 1.165) is 43.2 Å². The van der Waals surface area contributed by atoms with Gasteiger partial charge in [0.15, 0.2) is 0 Å². The van der Waals surface area contributed by atoms with E-state index in [4.69, 9.17) is 0 Å². The maximum absolute atomic E-state index is 13.2. The Morgan fingerprint density at radius 1 is 1.03 bits per heavy atom. The van der Waals surface area contributed by atoms with E-state index >= 15 is 0 Å². The first-order chi connectivity index (χ1) is 16.3. The third kappa shape index (κ3) is 5.26. The molecular weight excluding hydrogens is 452 g/mol. The Morgan fingerprint density at radius 3 is 2.41 bits per heavy atom. The highest BCUT2D eigenvalue weighted by Gasteiger charge is 2.35. The van der Waals surface area contributed by atoms with Gasteiger partial charge in [-0.1, -0.05) is 49.1 Å². The molecule has 1 aliphatic carbocycles. The van der Waals surface area contributed by atoms with Crippen molar-refractivity contribution in [3.05, 3.63) is 69.6 Å². The zero-order valence-corrected chi connectivity index (χ0v) is 20.8. The second kappa shape index (κ2) is 10.4. The molecule has 0 bridgehead atoms. The molecule has 2 aliphatic rings. The molecule has 2 heterocycles. The quantitative estimate of drug-likeness (QED) is 0.628. The maximum atomic E-state index is 13.2. The molecule has 1 aromatic carbocycles. The molecule has 1 amide bonds. The molecule has 8 nitrogen and oxygen atoms in total. The standard InChI is InChI=1S/C25H34N4O4S/c1-20-8-6-9-21(18-20)19-28-13-7-12-23(25(28)31)24(30)27-14-16-29(17-15-27)34(32,33)26(2)22-10-4-3-5-11-22/h6-9,12-13,18,22H,3-5,10-11,14-17,19H2,1-2H3. The average Bonchev–Trinajstić information content (AvgIpc) is 2.85. The Bertz CT molecular complexity index is 1180. The molecular formula is C25H34N4O4S. The van der Waals surface area contributed by atoms with Crippen LogP contribution in [-0.4, -0.2) is 71.7 Å². The smallest absolute Gasteiger partial charge is 0.282 e. The van der Waals surface area contributed by atoms with E-state index in [-0.39, 0.29) is 49.3 Å². The van der Waals surface area contributed by atoms with Crippen LogP contribution in [0.4, 0.5) is 0 Å². The number of aromatic nitrogens is 1. The number of amides is 1. The summed E-state index contributed by atoms with van der Waals surface area (Å²) in [6.45, 7) is 3.39. The summed E-state index contributed by atoms with van der Waals surface area (Å²) < 4.78 is 30.8. The fourth-order valence-electron chi connectivity index (χ4n) is 4.94. The van der Waals surface area contributed by atoms with E-state index in [2.05, 4.69) is 0 Å². The molecule has 0 N–H and O–H groups in total. The summed E-state index contributed by atoms with van der Waals surface area (Å²) >= 11 is 0. The van der Waals surface area contributed by atoms with Crippen molar-refractivity contribution in [2.45, 2.75) is 51.6 Å². The highest BCUT2D eigenvalue weighted by Crippen LogP contribution is 2.25. The number of pyridine rings is 1. The zero-order chi connectivity index (χ0) is 24.3. The first kappa shape index (κ1) is 24.6. The monoisotopic (exact) mass is 486 g/mol. The summed E-state index contributed by atoms with van der Waals surface area (Å²) in [6, 6.07) is 11.2. The summed E-state index contributed by atoms with van der Waals surface area (Å²) in [5.74, 6) is -0.346. The number of piperazine rings is 1. The van der Waals surface area contributed by atoms with Crippen molar-refractivity contribution in [2.24, 2.45) is 0 Å². The minimum atomic E-state index is -3.57. The van der Waals surface area contributed by atoms with Gasteiger partial charge >= 0.3 is 0 Å². The van der Waals surface area contributed by atoms with E-state index in [9.17, 15) is 18.0 Å². The number of carbonyl (C=O) groups excluding carboxylic acids is 1. The maximum Gasteiger partial charge on any atom is 0.282 e. The van der Waals surface area contributed by atoms with Gasteiger partial charge in [0.2, 0.25) is 0 Å². The predicted octanol–water partition coefficient (Wildman–Crippen LogP) is 2.47. The minimum absolute atomic E-state index is 0.0506. The van der Waals surface area contributed by atoms with Crippen molar-refractivity contribution >= 4 is 16.1 Å². The van der Waals surface area contributed by atoms with Crippen LogP contribution in [0.1, 0.15) is 53.6 Å². The molecule has 0 spiro atoms. The fourth-order valence-corrected chi connectivity index (χ4v) is 6.52. The van der Waals surface area contributed by atoms with Crippen LogP contribution < -0.4 is 5.56 Å². The molecule has 184 valence electrons. The molecule has 1 aliphatic heterocycles. The van der Waals surface area contributed by atoms with Crippen LogP contribution in [0, 0.1) is 6.92 Å². The number of benzene rings is 1. The molecule has 1 saturated heterocycles. The Hall–Kier alpha value is -2.49. The van der Waals surface area contributed by atoms with Gasteiger partial charge in [0.05, 0.1) is 6.54 Å². The van der Waals surface area contributed by atoms with Crippen molar-refractivity contribution in [1.29, 1.82) is 0 Å². The van der Waals surface area contributed by atoms with Crippen molar-refractivity contribution < 1.29 is 13.2 Å². The second-order valence-corrected chi connectivity index (χ2v) is 11.3. The lowest BCUT2D eigenvalue weighted by atomic mass is 9.96. The number of hydrogen-bond donors (Lipinski definition) is 0. The molecule has 4 rings (SSSR count). The average molecular weight is 487 g/mol. The number of aryl methyl sites for hydroxylation is 1. The van der Waals surface area contributed by atoms with E-state index in [1.165, 1.54) is 8.61 Å². The SMILES string of the molecule is Cc1cccc(Cn2cccc(C(=O)N3CCN(S(=O)(=O)N(C)C4CCCCC4)CC3)c2=O)c1. The Balaban J connectivity index is 1.42. The summed E-state index contributed by atoms with van der Waals surface area (Å²) in [5.41, 5.74) is 1.89. The van der Waals surface area contributed by atoms with E-state index in [0.29, 0.717) is 6.54 Å². The summed E-state index contributed by atoms with van der Waals surface area (Å²) in [4.78, 5) is 27.8. The molecule has 2 fully saturated rings. The molecule has 0 atom stereocenters. The van der Waals surface area contributed by atoms with Gasteiger partial charge in [-0.05, 0) is 37.5 Å².